The van der Waals surface area contributed by atoms with Crippen molar-refractivity contribution in [1.82, 2.24) is 9.72 Å². The monoisotopic (exact) mass is 624 g/mol. The van der Waals surface area contributed by atoms with E-state index in [4.69, 9.17) is 4.74 Å². The lowest BCUT2D eigenvalue weighted by Gasteiger charge is -2.37. The number of carbonyl (C=O) groups excluding carboxylic acids is 1. The summed E-state index contributed by atoms with van der Waals surface area (Å²) in [5.41, 5.74) is 8.04. The topological polar surface area (TPSA) is 59.8 Å². The maximum Gasteiger partial charge on any atom is 0.343 e. The molecule has 1 aliphatic rings. The predicted octanol–water partition coefficient (Wildman–Crippen LogP) is 8.47. The van der Waals surface area contributed by atoms with Crippen LogP contribution in [0.15, 0.2) is 126 Å². The van der Waals surface area contributed by atoms with Gasteiger partial charge in [-0.05, 0) is 95.1 Å². The molecule has 1 N–H and O–H groups in total. The maximum atomic E-state index is 13.4. The molecule has 0 atom stereocenters. The molecule has 0 unspecified atom stereocenters. The predicted molar refractivity (Wildman–Crippen MR) is 186 cm³/mol. The molecular formula is C40H36N2O3S. The number of thiophene rings is 1. The highest BCUT2D eigenvalue weighted by molar-refractivity contribution is 7.13. The molecule has 5 nitrogen and oxygen atoms in total. The van der Waals surface area contributed by atoms with E-state index in [9.17, 15) is 9.59 Å². The molecule has 230 valence electrons. The Bertz CT molecular complexity index is 1970. The molecule has 1 aliphatic carbocycles. The molecular weight excluding hydrogens is 589 g/mol. The zero-order chi connectivity index (χ0) is 31.7. The van der Waals surface area contributed by atoms with Gasteiger partial charge in [0.25, 0.3) is 5.56 Å². The van der Waals surface area contributed by atoms with Gasteiger partial charge in [-0.3, -0.25) is 14.5 Å². The first-order valence-electron chi connectivity index (χ1n) is 15.9. The Morgan fingerprint density at radius 1 is 0.891 bits per heavy atom. The van der Waals surface area contributed by atoms with Gasteiger partial charge in [-0.25, -0.2) is 4.79 Å². The summed E-state index contributed by atoms with van der Waals surface area (Å²) in [5, 5.41) is 6.21. The number of rotatable bonds is 10. The van der Waals surface area contributed by atoms with Crippen molar-refractivity contribution in [2.24, 2.45) is 0 Å². The average molecular weight is 625 g/mol. The Balaban J connectivity index is 1.27. The van der Waals surface area contributed by atoms with E-state index in [1.807, 2.05) is 12.3 Å². The summed E-state index contributed by atoms with van der Waals surface area (Å²) in [6, 6.07) is 37.9. The van der Waals surface area contributed by atoms with Gasteiger partial charge in [0.05, 0.1) is 17.7 Å². The molecule has 1 fully saturated rings. The van der Waals surface area contributed by atoms with Crippen LogP contribution in [0.3, 0.4) is 0 Å². The number of nitrogens with one attached hydrogen (secondary N) is 1. The number of aromatic nitrogens is 1. The van der Waals surface area contributed by atoms with Gasteiger partial charge in [-0.2, -0.15) is 0 Å². The molecule has 0 amide bonds. The van der Waals surface area contributed by atoms with E-state index in [-0.39, 0.29) is 17.7 Å². The molecule has 0 radical (unpaired) electrons. The normalized spacial score (nSPS) is 13.2. The second kappa shape index (κ2) is 12.5. The summed E-state index contributed by atoms with van der Waals surface area (Å²) in [6.45, 7) is 4.72. The highest BCUT2D eigenvalue weighted by Gasteiger charge is 2.36. The van der Waals surface area contributed by atoms with E-state index in [0.29, 0.717) is 12.5 Å². The van der Waals surface area contributed by atoms with Crippen LogP contribution in [0.4, 0.5) is 0 Å². The molecule has 3 aromatic carbocycles. The fourth-order valence-corrected chi connectivity index (χ4v) is 7.64. The number of ether oxygens (including phenoxy) is 1. The first kappa shape index (κ1) is 29.9. The number of pyridine rings is 2. The standard InChI is InChI=1S/C40H36N2O3S/c1-3-45-39(44)35-24-34(29-19-20-29)37-27(2)33(21-22-42(37)38(35)43)36-23-28(26-46-36)25-41-40(30-13-7-4-8-14-30,31-15-9-5-10-16-31)32-17-11-6-12-18-32/h4-18,21-24,26,29,41H,3,19-20,25H2,1-2H3. The van der Waals surface area contributed by atoms with Crippen molar-refractivity contribution < 1.29 is 9.53 Å². The van der Waals surface area contributed by atoms with Crippen LogP contribution < -0.4 is 10.9 Å². The lowest BCUT2D eigenvalue weighted by molar-refractivity contribution is 0.0524. The van der Waals surface area contributed by atoms with Crippen LogP contribution in [0, 0.1) is 6.92 Å². The molecule has 0 spiro atoms. The van der Waals surface area contributed by atoms with E-state index in [1.165, 1.54) is 22.3 Å². The number of esters is 1. The van der Waals surface area contributed by atoms with Crippen molar-refractivity contribution in [2.75, 3.05) is 6.61 Å². The summed E-state index contributed by atoms with van der Waals surface area (Å²) in [5.74, 6) is -0.207. The van der Waals surface area contributed by atoms with Gasteiger partial charge in [0.1, 0.15) is 5.56 Å². The van der Waals surface area contributed by atoms with Crippen molar-refractivity contribution in [3.63, 3.8) is 0 Å². The Morgan fingerprint density at radius 3 is 2.02 bits per heavy atom. The van der Waals surface area contributed by atoms with Crippen LogP contribution in [0.25, 0.3) is 16.0 Å². The Kier molecular flexibility index (Phi) is 8.16. The number of carbonyl (C=O) groups is 1. The van der Waals surface area contributed by atoms with E-state index >= 15 is 0 Å². The van der Waals surface area contributed by atoms with Crippen LogP contribution in [-0.2, 0) is 16.8 Å². The van der Waals surface area contributed by atoms with Gasteiger partial charge in [0.15, 0.2) is 0 Å². The lowest BCUT2D eigenvalue weighted by atomic mass is 9.77. The van der Waals surface area contributed by atoms with Crippen molar-refractivity contribution in [3.05, 3.63) is 170 Å². The minimum absolute atomic E-state index is 0.108. The molecule has 0 saturated heterocycles. The molecule has 0 bridgehead atoms. The fraction of sp³-hybridized carbons (Fsp3) is 0.200. The van der Waals surface area contributed by atoms with Gasteiger partial charge < -0.3 is 4.74 Å². The maximum absolute atomic E-state index is 13.4. The van der Waals surface area contributed by atoms with Gasteiger partial charge >= 0.3 is 5.97 Å². The summed E-state index contributed by atoms with van der Waals surface area (Å²) in [4.78, 5) is 27.2. The summed E-state index contributed by atoms with van der Waals surface area (Å²) < 4.78 is 6.86. The van der Waals surface area contributed by atoms with Crippen LogP contribution in [0.2, 0.25) is 0 Å². The van der Waals surface area contributed by atoms with E-state index in [1.54, 1.807) is 28.7 Å². The van der Waals surface area contributed by atoms with Gasteiger partial charge in [-0.15, -0.1) is 11.3 Å². The average Bonchev–Trinajstić information content (AvgIpc) is 3.84. The third-order valence-corrected chi connectivity index (χ3v) is 10.0. The minimum Gasteiger partial charge on any atom is -0.462 e. The molecule has 3 heterocycles. The van der Waals surface area contributed by atoms with Gasteiger partial charge in [0.2, 0.25) is 0 Å². The first-order chi connectivity index (χ1) is 22.5. The van der Waals surface area contributed by atoms with Crippen molar-refractivity contribution in [3.8, 4) is 10.4 Å². The SMILES string of the molecule is CCOC(=O)c1cc(C2CC2)c2c(C)c(-c3cc(CNC(c4ccccc4)(c4ccccc4)c4ccccc4)cs3)ccn2c1=O. The van der Waals surface area contributed by atoms with Crippen LogP contribution in [0.1, 0.15) is 69.4 Å². The summed E-state index contributed by atoms with van der Waals surface area (Å²) >= 11 is 1.71. The second-order valence-electron chi connectivity index (χ2n) is 11.9. The zero-order valence-electron chi connectivity index (χ0n) is 26.0. The first-order valence-corrected chi connectivity index (χ1v) is 16.7. The zero-order valence-corrected chi connectivity index (χ0v) is 26.8. The van der Waals surface area contributed by atoms with Crippen LogP contribution in [0.5, 0.6) is 0 Å². The number of hydrogen-bond donors (Lipinski definition) is 1. The molecule has 7 rings (SSSR count). The number of fused-ring (bicyclic) bond motifs is 1. The van der Waals surface area contributed by atoms with Crippen LogP contribution >= 0.6 is 11.3 Å². The highest BCUT2D eigenvalue weighted by Crippen LogP contribution is 2.44. The Labute approximate surface area is 273 Å². The van der Waals surface area contributed by atoms with Crippen LogP contribution in [-0.4, -0.2) is 17.0 Å². The largest absolute Gasteiger partial charge is 0.462 e. The third-order valence-electron chi connectivity index (χ3n) is 9.02. The van der Waals surface area contributed by atoms with Gasteiger partial charge in [0, 0.05) is 17.6 Å². The smallest absolute Gasteiger partial charge is 0.343 e. The number of aryl methyl sites for hydroxylation is 1. The summed E-state index contributed by atoms with van der Waals surface area (Å²) in [6.07, 6.45) is 3.93. The molecule has 1 saturated carbocycles. The van der Waals surface area contributed by atoms with E-state index in [2.05, 4.69) is 115 Å². The number of nitrogens with zero attached hydrogens (tertiary/aromatic N) is 1. The van der Waals surface area contributed by atoms with Crippen molar-refractivity contribution in [2.45, 2.75) is 44.7 Å². The molecule has 6 heteroatoms. The third kappa shape index (κ3) is 5.38. The summed E-state index contributed by atoms with van der Waals surface area (Å²) in [7, 11) is 0. The number of hydrogen-bond acceptors (Lipinski definition) is 5. The lowest BCUT2D eigenvalue weighted by Crippen LogP contribution is -2.44. The number of benzene rings is 3. The van der Waals surface area contributed by atoms with E-state index in [0.717, 1.165) is 39.9 Å². The minimum atomic E-state index is -0.557. The van der Waals surface area contributed by atoms with Crippen molar-refractivity contribution >= 4 is 22.8 Å². The van der Waals surface area contributed by atoms with E-state index < -0.39 is 11.5 Å². The van der Waals surface area contributed by atoms with Gasteiger partial charge in [-0.1, -0.05) is 91.0 Å². The quantitative estimate of drug-likeness (QED) is 0.123. The molecule has 3 aromatic heterocycles. The molecule has 6 aromatic rings. The van der Waals surface area contributed by atoms with Crippen molar-refractivity contribution in [1.29, 1.82) is 0 Å². The second-order valence-corrected chi connectivity index (χ2v) is 12.8. The Morgan fingerprint density at radius 2 is 1.48 bits per heavy atom. The Hall–Kier alpha value is -4.78. The highest BCUT2D eigenvalue weighted by atomic mass is 32.1. The molecule has 0 aliphatic heterocycles. The molecule has 46 heavy (non-hydrogen) atoms. The fourth-order valence-electron chi connectivity index (χ4n) is 6.64.